The van der Waals surface area contributed by atoms with Gasteiger partial charge in [0.25, 0.3) is 11.5 Å². The fourth-order valence-corrected chi connectivity index (χ4v) is 4.10. The summed E-state index contributed by atoms with van der Waals surface area (Å²) in [5.41, 5.74) is 0.381. The first-order valence-electron chi connectivity index (χ1n) is 9.24. The van der Waals surface area contributed by atoms with E-state index in [1.54, 1.807) is 42.9 Å². The Labute approximate surface area is 180 Å². The van der Waals surface area contributed by atoms with E-state index in [9.17, 15) is 18.8 Å². The zero-order chi connectivity index (χ0) is 22.3. The van der Waals surface area contributed by atoms with Crippen LogP contribution in [0.3, 0.4) is 0 Å². The summed E-state index contributed by atoms with van der Waals surface area (Å²) in [5.74, 6) is -0.948. The number of carbonyl (C=O) groups excluding carboxylic acids is 1. The van der Waals surface area contributed by atoms with E-state index < -0.39 is 23.0 Å². The Balaban J connectivity index is 1.72. The van der Waals surface area contributed by atoms with Crippen LogP contribution in [0.15, 0.2) is 68.2 Å². The van der Waals surface area contributed by atoms with E-state index in [-0.39, 0.29) is 11.2 Å². The van der Waals surface area contributed by atoms with Gasteiger partial charge < -0.3 is 9.88 Å². The molecule has 2 heterocycles. The van der Waals surface area contributed by atoms with Gasteiger partial charge in [0.2, 0.25) is 0 Å². The van der Waals surface area contributed by atoms with Crippen molar-refractivity contribution in [1.29, 1.82) is 0 Å². The largest absolute Gasteiger partial charge is 0.332 e. The number of hydrogen-bond acceptors (Lipinski definition) is 5. The molecule has 0 aliphatic rings. The van der Waals surface area contributed by atoms with Gasteiger partial charge in [-0.2, -0.15) is 0 Å². The molecule has 1 N–H and O–H groups in total. The van der Waals surface area contributed by atoms with Gasteiger partial charge in [-0.1, -0.05) is 18.2 Å². The molecule has 0 aliphatic heterocycles. The molecule has 0 fully saturated rings. The number of hydrogen-bond donors (Lipinski definition) is 1. The Morgan fingerprint density at radius 1 is 1.00 bits per heavy atom. The molecule has 10 heteroatoms. The van der Waals surface area contributed by atoms with E-state index in [4.69, 9.17) is 0 Å². The Bertz CT molecular complexity index is 1450. The number of fused-ring (bicyclic) bond motifs is 1. The fraction of sp³-hybridized carbons (Fsp3) is 0.143. The van der Waals surface area contributed by atoms with Crippen molar-refractivity contribution < 1.29 is 9.18 Å². The second kappa shape index (κ2) is 7.88. The highest BCUT2D eigenvalue weighted by Gasteiger charge is 2.19. The van der Waals surface area contributed by atoms with Gasteiger partial charge in [0.1, 0.15) is 5.82 Å². The Morgan fingerprint density at radius 2 is 1.74 bits per heavy atom. The van der Waals surface area contributed by atoms with E-state index in [0.717, 1.165) is 10.6 Å². The molecule has 0 atom stereocenters. The average molecular weight is 439 g/mol. The van der Waals surface area contributed by atoms with Crippen molar-refractivity contribution in [2.45, 2.75) is 10.1 Å². The number of halogens is 1. The molecule has 0 radical (unpaired) electrons. The zero-order valence-corrected chi connectivity index (χ0v) is 17.7. The summed E-state index contributed by atoms with van der Waals surface area (Å²) in [4.78, 5) is 42.5. The number of amides is 1. The van der Waals surface area contributed by atoms with Gasteiger partial charge in [0, 0.05) is 31.6 Å². The number of imidazole rings is 1. The van der Waals surface area contributed by atoms with Crippen molar-refractivity contribution in [3.63, 3.8) is 0 Å². The predicted molar refractivity (Wildman–Crippen MR) is 116 cm³/mol. The molecule has 158 valence electrons. The van der Waals surface area contributed by atoms with Gasteiger partial charge in [-0.25, -0.2) is 14.2 Å². The molecule has 0 aliphatic carbocycles. The molecule has 4 aromatic rings. The van der Waals surface area contributed by atoms with Crippen LogP contribution >= 0.6 is 11.8 Å². The maximum atomic E-state index is 13.5. The summed E-state index contributed by atoms with van der Waals surface area (Å²) in [5, 5.41) is 3.26. The summed E-state index contributed by atoms with van der Waals surface area (Å²) in [6, 6.07) is 12.5. The van der Waals surface area contributed by atoms with E-state index in [1.807, 2.05) is 0 Å². The van der Waals surface area contributed by atoms with Crippen LogP contribution in [0.4, 0.5) is 10.1 Å². The quantitative estimate of drug-likeness (QED) is 0.528. The van der Waals surface area contributed by atoms with Crippen LogP contribution < -0.4 is 16.6 Å². The van der Waals surface area contributed by atoms with E-state index in [2.05, 4.69) is 10.3 Å². The number of anilines is 1. The summed E-state index contributed by atoms with van der Waals surface area (Å²) >= 11 is 1.24. The van der Waals surface area contributed by atoms with Gasteiger partial charge in [-0.15, -0.1) is 0 Å². The van der Waals surface area contributed by atoms with E-state index >= 15 is 0 Å². The van der Waals surface area contributed by atoms with Crippen molar-refractivity contribution in [3.05, 3.63) is 80.7 Å². The maximum absolute atomic E-state index is 13.5. The number of para-hydroxylation sites is 1. The molecule has 0 saturated carbocycles. The lowest BCUT2D eigenvalue weighted by molar-refractivity contribution is 0.102. The number of aryl methyl sites for hydroxylation is 2. The number of benzene rings is 2. The third kappa shape index (κ3) is 3.66. The Morgan fingerprint density at radius 3 is 2.48 bits per heavy atom. The highest BCUT2D eigenvalue weighted by molar-refractivity contribution is 7.99. The first kappa shape index (κ1) is 20.6. The van der Waals surface area contributed by atoms with E-state index in [0.29, 0.717) is 21.3 Å². The zero-order valence-electron chi connectivity index (χ0n) is 16.9. The van der Waals surface area contributed by atoms with Gasteiger partial charge >= 0.3 is 5.69 Å². The molecule has 2 aromatic heterocycles. The van der Waals surface area contributed by atoms with Crippen molar-refractivity contribution >= 4 is 34.5 Å². The van der Waals surface area contributed by atoms with Crippen molar-refractivity contribution in [3.8, 4) is 0 Å². The summed E-state index contributed by atoms with van der Waals surface area (Å²) in [7, 11) is 4.66. The highest BCUT2D eigenvalue weighted by Crippen LogP contribution is 2.33. The lowest BCUT2D eigenvalue weighted by Crippen LogP contribution is -2.37. The molecule has 1 amide bonds. The van der Waals surface area contributed by atoms with Crippen molar-refractivity contribution in [2.24, 2.45) is 21.1 Å². The fourth-order valence-electron chi connectivity index (χ4n) is 3.17. The number of rotatable bonds is 4. The molecule has 2 aromatic carbocycles. The number of aromatic nitrogens is 4. The SMILES string of the molecule is Cn1c(=O)c2c(nc(Sc3ccccc3NC(=O)c3cccc(F)c3)n2C)n(C)c1=O. The average Bonchev–Trinajstić information content (AvgIpc) is 3.08. The first-order chi connectivity index (χ1) is 14.8. The summed E-state index contributed by atoms with van der Waals surface area (Å²) in [6.45, 7) is 0. The van der Waals surface area contributed by atoms with Crippen molar-refractivity contribution in [2.75, 3.05) is 5.32 Å². The van der Waals surface area contributed by atoms with Gasteiger partial charge in [0.05, 0.1) is 5.69 Å². The summed E-state index contributed by atoms with van der Waals surface area (Å²) < 4.78 is 17.4. The van der Waals surface area contributed by atoms with Crippen LogP contribution in [0.2, 0.25) is 0 Å². The predicted octanol–water partition coefficient (Wildman–Crippen LogP) is 2.51. The van der Waals surface area contributed by atoms with Gasteiger partial charge in [0.15, 0.2) is 16.3 Å². The first-order valence-corrected chi connectivity index (χ1v) is 10.1. The second-order valence-electron chi connectivity index (χ2n) is 6.89. The number of nitrogens with zero attached hydrogens (tertiary/aromatic N) is 4. The Kier molecular flexibility index (Phi) is 5.24. The third-order valence-electron chi connectivity index (χ3n) is 4.86. The maximum Gasteiger partial charge on any atom is 0.332 e. The molecule has 8 nitrogen and oxygen atoms in total. The molecule has 31 heavy (non-hydrogen) atoms. The van der Waals surface area contributed by atoms with E-state index in [1.165, 1.54) is 41.6 Å². The minimum atomic E-state index is -0.498. The Hall–Kier alpha value is -3.66. The van der Waals surface area contributed by atoms with Crippen LogP contribution in [0.5, 0.6) is 0 Å². The van der Waals surface area contributed by atoms with Crippen LogP contribution in [0, 0.1) is 5.82 Å². The van der Waals surface area contributed by atoms with Crippen LogP contribution in [0.25, 0.3) is 11.2 Å². The van der Waals surface area contributed by atoms with Crippen LogP contribution in [0.1, 0.15) is 10.4 Å². The van der Waals surface area contributed by atoms with Gasteiger partial charge in [-0.3, -0.25) is 18.7 Å². The second-order valence-corrected chi connectivity index (χ2v) is 7.90. The lowest BCUT2D eigenvalue weighted by atomic mass is 10.2. The minimum Gasteiger partial charge on any atom is -0.321 e. The molecule has 0 spiro atoms. The van der Waals surface area contributed by atoms with Crippen molar-refractivity contribution in [1.82, 2.24) is 18.7 Å². The topological polar surface area (TPSA) is 90.9 Å². The highest BCUT2D eigenvalue weighted by atomic mass is 32.2. The van der Waals surface area contributed by atoms with Gasteiger partial charge in [-0.05, 0) is 42.1 Å². The number of nitrogens with one attached hydrogen (secondary N) is 1. The summed E-state index contributed by atoms with van der Waals surface area (Å²) in [6.07, 6.45) is 0. The molecular weight excluding hydrogens is 421 g/mol. The molecular formula is C21H18FN5O3S. The molecule has 0 bridgehead atoms. The minimum absolute atomic E-state index is 0.195. The van der Waals surface area contributed by atoms with Crippen LogP contribution in [-0.4, -0.2) is 24.6 Å². The molecule has 0 saturated heterocycles. The van der Waals surface area contributed by atoms with Crippen LogP contribution in [-0.2, 0) is 21.1 Å². The lowest BCUT2D eigenvalue weighted by Gasteiger charge is -2.10. The third-order valence-corrected chi connectivity index (χ3v) is 5.98. The normalized spacial score (nSPS) is 11.1. The molecule has 4 rings (SSSR count). The monoisotopic (exact) mass is 439 g/mol. The standard InChI is InChI=1S/C21H18FN5O3S/c1-25-16-17(26(2)21(30)27(3)19(16)29)24-20(25)31-15-10-5-4-9-14(15)23-18(28)12-7-6-8-13(22)11-12/h4-11H,1-3H3,(H,23,28). The number of carbonyl (C=O) groups is 1. The molecule has 0 unspecified atom stereocenters. The smallest absolute Gasteiger partial charge is 0.321 e.